The summed E-state index contributed by atoms with van der Waals surface area (Å²) in [5, 5.41) is 29.5. The Hall–Kier alpha value is -2.11. The van der Waals surface area contributed by atoms with Crippen molar-refractivity contribution in [3.63, 3.8) is 0 Å². The maximum atomic E-state index is 11.3. The molecule has 0 radical (unpaired) electrons. The van der Waals surface area contributed by atoms with Gasteiger partial charge in [0.25, 0.3) is 5.69 Å². The Morgan fingerprint density at radius 3 is 2.47 bits per heavy atom. The molecule has 90 valence electrons. The van der Waals surface area contributed by atoms with Gasteiger partial charge in [-0.1, -0.05) is 6.42 Å². The van der Waals surface area contributed by atoms with Gasteiger partial charge in [0.15, 0.2) is 0 Å². The number of carboxylic acid groups (broad SMARTS) is 1. The molecule has 1 fully saturated rings. The van der Waals surface area contributed by atoms with Gasteiger partial charge in [-0.15, -0.1) is 0 Å². The van der Waals surface area contributed by atoms with Crippen LogP contribution in [0.3, 0.4) is 0 Å². The third-order valence-corrected chi connectivity index (χ3v) is 3.31. The molecule has 1 aliphatic rings. The van der Waals surface area contributed by atoms with Crippen LogP contribution in [-0.4, -0.2) is 21.1 Å². The Morgan fingerprint density at radius 2 is 2.06 bits per heavy atom. The number of carboxylic acids is 1. The van der Waals surface area contributed by atoms with Crippen LogP contribution in [-0.2, 0) is 10.2 Å². The Kier molecular flexibility index (Phi) is 2.49. The number of nitro benzene ring substituents is 1. The van der Waals surface area contributed by atoms with Gasteiger partial charge in [0.05, 0.1) is 15.9 Å². The van der Waals surface area contributed by atoms with Gasteiger partial charge < -0.3 is 10.2 Å². The zero-order valence-electron chi connectivity index (χ0n) is 8.92. The first-order valence-corrected chi connectivity index (χ1v) is 5.19. The van der Waals surface area contributed by atoms with Crippen LogP contribution in [0.25, 0.3) is 0 Å². The average Bonchev–Trinajstić information content (AvgIpc) is 2.14. The van der Waals surface area contributed by atoms with E-state index in [1.54, 1.807) is 0 Å². The van der Waals surface area contributed by atoms with Crippen molar-refractivity contribution in [3.05, 3.63) is 33.9 Å². The van der Waals surface area contributed by atoms with Crippen LogP contribution in [0.4, 0.5) is 5.69 Å². The van der Waals surface area contributed by atoms with Gasteiger partial charge in [0, 0.05) is 6.07 Å². The highest BCUT2D eigenvalue weighted by molar-refractivity contribution is 5.84. The second-order valence-electron chi connectivity index (χ2n) is 4.20. The van der Waals surface area contributed by atoms with E-state index in [0.717, 1.165) is 12.5 Å². The molecule has 0 amide bonds. The Balaban J connectivity index is 2.60. The lowest BCUT2D eigenvalue weighted by Gasteiger charge is -2.37. The first-order chi connectivity index (χ1) is 7.97. The number of hydrogen-bond donors (Lipinski definition) is 2. The molecule has 0 bridgehead atoms. The molecule has 1 saturated carbocycles. The van der Waals surface area contributed by atoms with Crippen molar-refractivity contribution in [1.29, 1.82) is 0 Å². The number of hydrogen-bond acceptors (Lipinski definition) is 4. The molecule has 0 atom stereocenters. The van der Waals surface area contributed by atoms with E-state index in [9.17, 15) is 25.1 Å². The number of aliphatic carboxylic acids is 1. The van der Waals surface area contributed by atoms with Gasteiger partial charge >= 0.3 is 5.97 Å². The topological polar surface area (TPSA) is 101 Å². The standard InChI is InChI=1S/C11H11NO5/c13-7-2-3-9(12(16)17)8(6-7)11(10(14)15)4-1-5-11/h2-3,6,13H,1,4-5H2,(H,14,15). The minimum absolute atomic E-state index is 0.0984. The van der Waals surface area contributed by atoms with Crippen molar-refractivity contribution >= 4 is 11.7 Å². The van der Waals surface area contributed by atoms with Gasteiger partial charge in [-0.05, 0) is 25.0 Å². The zero-order chi connectivity index (χ0) is 12.6. The molecule has 0 saturated heterocycles. The lowest BCUT2D eigenvalue weighted by molar-refractivity contribution is -0.386. The third-order valence-electron chi connectivity index (χ3n) is 3.31. The van der Waals surface area contributed by atoms with Gasteiger partial charge in [0.1, 0.15) is 5.75 Å². The van der Waals surface area contributed by atoms with Gasteiger partial charge in [-0.3, -0.25) is 14.9 Å². The van der Waals surface area contributed by atoms with Gasteiger partial charge in [-0.2, -0.15) is 0 Å². The molecule has 0 aromatic heterocycles. The Morgan fingerprint density at radius 1 is 1.41 bits per heavy atom. The van der Waals surface area contributed by atoms with Crippen molar-refractivity contribution < 1.29 is 19.9 Å². The number of aromatic hydroxyl groups is 1. The number of nitrogens with zero attached hydrogens (tertiary/aromatic N) is 1. The van der Waals surface area contributed by atoms with Crippen molar-refractivity contribution in [1.82, 2.24) is 0 Å². The second-order valence-corrected chi connectivity index (χ2v) is 4.20. The summed E-state index contributed by atoms with van der Waals surface area (Å²) >= 11 is 0. The molecule has 0 spiro atoms. The minimum atomic E-state index is -1.21. The normalized spacial score (nSPS) is 17.2. The fourth-order valence-electron chi connectivity index (χ4n) is 2.20. The molecule has 1 aromatic carbocycles. The molecule has 0 heterocycles. The molecule has 0 unspecified atom stereocenters. The largest absolute Gasteiger partial charge is 0.508 e. The zero-order valence-corrected chi connectivity index (χ0v) is 8.92. The maximum absolute atomic E-state index is 11.3. The number of nitro groups is 1. The SMILES string of the molecule is O=C(O)C1(c2cc(O)ccc2[N+](=O)[O-])CCC1. The van der Waals surface area contributed by atoms with E-state index in [2.05, 4.69) is 0 Å². The summed E-state index contributed by atoms with van der Waals surface area (Å²) in [6, 6.07) is 3.52. The van der Waals surface area contributed by atoms with Crippen LogP contribution in [0.1, 0.15) is 24.8 Å². The van der Waals surface area contributed by atoms with Crippen molar-refractivity contribution in [2.75, 3.05) is 0 Å². The van der Waals surface area contributed by atoms with Crippen molar-refractivity contribution in [2.24, 2.45) is 0 Å². The first kappa shape index (κ1) is 11.4. The van der Waals surface area contributed by atoms with E-state index >= 15 is 0 Å². The fraction of sp³-hybridized carbons (Fsp3) is 0.364. The predicted molar refractivity (Wildman–Crippen MR) is 57.9 cm³/mol. The third kappa shape index (κ3) is 1.61. The second kappa shape index (κ2) is 3.73. The summed E-state index contributed by atoms with van der Waals surface area (Å²) in [6.45, 7) is 0. The van der Waals surface area contributed by atoms with Crippen LogP contribution in [0, 0.1) is 10.1 Å². The van der Waals surface area contributed by atoms with E-state index in [4.69, 9.17) is 0 Å². The molecule has 6 nitrogen and oxygen atoms in total. The Labute approximate surface area is 96.7 Å². The molecular formula is C11H11NO5. The van der Waals surface area contributed by atoms with E-state index in [-0.39, 0.29) is 17.0 Å². The summed E-state index contributed by atoms with van der Waals surface area (Å²) in [4.78, 5) is 21.5. The molecule has 1 aromatic rings. The molecule has 2 rings (SSSR count). The highest BCUT2D eigenvalue weighted by Crippen LogP contribution is 2.48. The van der Waals surface area contributed by atoms with E-state index in [1.807, 2.05) is 0 Å². The molecule has 6 heteroatoms. The predicted octanol–water partition coefficient (Wildman–Crippen LogP) is 1.81. The smallest absolute Gasteiger partial charge is 0.314 e. The van der Waals surface area contributed by atoms with Crippen LogP contribution >= 0.6 is 0 Å². The fourth-order valence-corrected chi connectivity index (χ4v) is 2.20. The lowest BCUT2D eigenvalue weighted by Crippen LogP contribution is -2.42. The monoisotopic (exact) mass is 237 g/mol. The summed E-state index contributed by atoms with van der Waals surface area (Å²) in [5.41, 5.74) is -1.35. The van der Waals surface area contributed by atoms with Gasteiger partial charge in [0.2, 0.25) is 0 Å². The van der Waals surface area contributed by atoms with E-state index < -0.39 is 16.3 Å². The number of phenols is 1. The quantitative estimate of drug-likeness (QED) is 0.616. The summed E-state index contributed by atoms with van der Waals surface area (Å²) in [6.07, 6.45) is 1.46. The summed E-state index contributed by atoms with van der Waals surface area (Å²) < 4.78 is 0. The van der Waals surface area contributed by atoms with Crippen LogP contribution in [0.5, 0.6) is 5.75 Å². The summed E-state index contributed by atoms with van der Waals surface area (Å²) in [7, 11) is 0. The van der Waals surface area contributed by atoms with Crippen LogP contribution in [0.2, 0.25) is 0 Å². The highest BCUT2D eigenvalue weighted by Gasteiger charge is 2.49. The van der Waals surface area contributed by atoms with E-state index in [1.165, 1.54) is 12.1 Å². The minimum Gasteiger partial charge on any atom is -0.508 e. The van der Waals surface area contributed by atoms with Crippen molar-refractivity contribution in [2.45, 2.75) is 24.7 Å². The Bertz CT molecular complexity index is 493. The molecule has 1 aliphatic carbocycles. The lowest BCUT2D eigenvalue weighted by atomic mass is 9.64. The number of carbonyl (C=O) groups is 1. The number of benzene rings is 1. The van der Waals surface area contributed by atoms with Gasteiger partial charge in [-0.25, -0.2) is 0 Å². The molecule has 0 aliphatic heterocycles. The number of rotatable bonds is 3. The number of phenolic OH excluding ortho intramolecular Hbond substituents is 1. The first-order valence-electron chi connectivity index (χ1n) is 5.19. The summed E-state index contributed by atoms with van der Waals surface area (Å²) in [5.74, 6) is -1.23. The average molecular weight is 237 g/mol. The maximum Gasteiger partial charge on any atom is 0.314 e. The molecule has 17 heavy (non-hydrogen) atoms. The van der Waals surface area contributed by atoms with Crippen LogP contribution < -0.4 is 0 Å². The molecule has 2 N–H and O–H groups in total. The molecular weight excluding hydrogens is 226 g/mol. The highest BCUT2D eigenvalue weighted by atomic mass is 16.6. The van der Waals surface area contributed by atoms with Crippen LogP contribution in [0.15, 0.2) is 18.2 Å². The van der Waals surface area contributed by atoms with Crippen molar-refractivity contribution in [3.8, 4) is 5.75 Å². The van der Waals surface area contributed by atoms with E-state index in [0.29, 0.717) is 12.8 Å².